The van der Waals surface area contributed by atoms with E-state index in [-0.39, 0.29) is 12.6 Å². The Kier molecular flexibility index (Phi) is 4.28. The SMILES string of the molecule is O=C(O)C1CN(Cc2ccccc2)C(=O)N1Cc1ccccc1. The predicted octanol–water partition coefficient (Wildman–Crippen LogP) is 2.58. The molecule has 1 saturated heterocycles. The van der Waals surface area contributed by atoms with Crippen molar-refractivity contribution in [2.75, 3.05) is 6.54 Å². The monoisotopic (exact) mass is 310 g/mol. The van der Waals surface area contributed by atoms with E-state index in [2.05, 4.69) is 0 Å². The minimum atomic E-state index is -0.968. The zero-order chi connectivity index (χ0) is 16.2. The highest BCUT2D eigenvalue weighted by Crippen LogP contribution is 2.21. The van der Waals surface area contributed by atoms with Gasteiger partial charge in [0.1, 0.15) is 6.04 Å². The van der Waals surface area contributed by atoms with Gasteiger partial charge in [-0.15, -0.1) is 0 Å². The molecule has 0 bridgehead atoms. The van der Waals surface area contributed by atoms with Crippen molar-refractivity contribution in [3.63, 3.8) is 0 Å². The third-order valence-electron chi connectivity index (χ3n) is 3.98. The minimum absolute atomic E-state index is 0.204. The Morgan fingerprint density at radius 2 is 1.48 bits per heavy atom. The fraction of sp³-hybridized carbons (Fsp3) is 0.222. The maximum Gasteiger partial charge on any atom is 0.328 e. The van der Waals surface area contributed by atoms with Gasteiger partial charge in [-0.3, -0.25) is 0 Å². The van der Waals surface area contributed by atoms with Crippen molar-refractivity contribution in [1.29, 1.82) is 0 Å². The lowest BCUT2D eigenvalue weighted by Crippen LogP contribution is -2.39. The second-order valence-electron chi connectivity index (χ2n) is 5.62. The zero-order valence-electron chi connectivity index (χ0n) is 12.6. The first kappa shape index (κ1) is 15.1. The molecule has 1 aliphatic rings. The first-order valence-electron chi connectivity index (χ1n) is 7.51. The summed E-state index contributed by atoms with van der Waals surface area (Å²) in [5.41, 5.74) is 1.92. The number of nitrogens with zero attached hydrogens (tertiary/aromatic N) is 2. The first-order valence-corrected chi connectivity index (χ1v) is 7.51. The maximum atomic E-state index is 12.6. The van der Waals surface area contributed by atoms with Crippen LogP contribution in [0.5, 0.6) is 0 Å². The average molecular weight is 310 g/mol. The van der Waals surface area contributed by atoms with Gasteiger partial charge in [0.05, 0.1) is 6.54 Å². The molecular formula is C18H18N2O3. The third-order valence-corrected chi connectivity index (χ3v) is 3.98. The van der Waals surface area contributed by atoms with Crippen molar-refractivity contribution >= 4 is 12.0 Å². The number of carboxylic acids is 1. The number of carbonyl (C=O) groups is 2. The van der Waals surface area contributed by atoms with Gasteiger partial charge >= 0.3 is 12.0 Å². The quantitative estimate of drug-likeness (QED) is 0.923. The molecule has 0 radical (unpaired) electrons. The van der Waals surface area contributed by atoms with Crippen LogP contribution in [-0.2, 0) is 17.9 Å². The van der Waals surface area contributed by atoms with Gasteiger partial charge < -0.3 is 14.9 Å². The molecule has 5 nitrogen and oxygen atoms in total. The summed E-state index contributed by atoms with van der Waals surface area (Å²) in [7, 11) is 0. The summed E-state index contributed by atoms with van der Waals surface area (Å²) in [6.07, 6.45) is 0. The number of hydrogen-bond donors (Lipinski definition) is 1. The Balaban J connectivity index is 1.78. The summed E-state index contributed by atoms with van der Waals surface area (Å²) < 4.78 is 0. The number of amides is 2. The highest BCUT2D eigenvalue weighted by atomic mass is 16.4. The fourth-order valence-corrected chi connectivity index (χ4v) is 2.81. The molecule has 1 N–H and O–H groups in total. The maximum absolute atomic E-state index is 12.6. The molecule has 0 aromatic heterocycles. The van der Waals surface area contributed by atoms with E-state index in [0.717, 1.165) is 11.1 Å². The molecule has 1 unspecified atom stereocenters. The molecule has 1 atom stereocenters. The lowest BCUT2D eigenvalue weighted by atomic mass is 10.2. The number of carboxylic acid groups (broad SMARTS) is 1. The molecule has 23 heavy (non-hydrogen) atoms. The van der Waals surface area contributed by atoms with Crippen molar-refractivity contribution in [2.45, 2.75) is 19.1 Å². The standard InChI is InChI=1S/C18H18N2O3/c21-17(22)16-13-19(11-14-7-3-1-4-8-14)18(23)20(16)12-15-9-5-2-6-10-15/h1-10,16H,11-13H2,(H,21,22). The van der Waals surface area contributed by atoms with Gasteiger partial charge in [-0.1, -0.05) is 60.7 Å². The van der Waals surface area contributed by atoms with Crippen LogP contribution in [0.2, 0.25) is 0 Å². The molecule has 1 aliphatic heterocycles. The summed E-state index contributed by atoms with van der Waals surface area (Å²) >= 11 is 0. The topological polar surface area (TPSA) is 60.9 Å². The largest absolute Gasteiger partial charge is 0.480 e. The van der Waals surface area contributed by atoms with Crippen LogP contribution in [0.15, 0.2) is 60.7 Å². The van der Waals surface area contributed by atoms with Gasteiger partial charge in [0, 0.05) is 13.1 Å². The van der Waals surface area contributed by atoms with Crippen LogP contribution < -0.4 is 0 Å². The average Bonchev–Trinajstić information content (AvgIpc) is 2.86. The minimum Gasteiger partial charge on any atom is -0.480 e. The normalized spacial score (nSPS) is 17.6. The van der Waals surface area contributed by atoms with Crippen LogP contribution in [0.3, 0.4) is 0 Å². The second kappa shape index (κ2) is 6.52. The molecule has 2 aromatic rings. The molecule has 0 spiro atoms. The Bertz CT molecular complexity index is 688. The van der Waals surface area contributed by atoms with Gasteiger partial charge in [0.15, 0.2) is 0 Å². The number of carbonyl (C=O) groups excluding carboxylic acids is 1. The summed E-state index contributed by atoms with van der Waals surface area (Å²) in [6.45, 7) is 0.937. The van der Waals surface area contributed by atoms with Crippen molar-refractivity contribution in [1.82, 2.24) is 9.80 Å². The number of rotatable bonds is 5. The smallest absolute Gasteiger partial charge is 0.328 e. The van der Waals surface area contributed by atoms with E-state index in [0.29, 0.717) is 13.1 Å². The van der Waals surface area contributed by atoms with E-state index in [1.54, 1.807) is 4.90 Å². The van der Waals surface area contributed by atoms with Crippen LogP contribution in [0, 0.1) is 0 Å². The summed E-state index contributed by atoms with van der Waals surface area (Å²) in [5.74, 6) is -0.968. The Morgan fingerprint density at radius 3 is 2.00 bits per heavy atom. The second-order valence-corrected chi connectivity index (χ2v) is 5.62. The lowest BCUT2D eigenvalue weighted by molar-refractivity contribution is -0.141. The highest BCUT2D eigenvalue weighted by molar-refractivity contribution is 5.86. The van der Waals surface area contributed by atoms with Gasteiger partial charge in [0.2, 0.25) is 0 Å². The Labute approximate surface area is 134 Å². The molecule has 2 aromatic carbocycles. The molecule has 0 saturated carbocycles. The lowest BCUT2D eigenvalue weighted by Gasteiger charge is -2.20. The van der Waals surface area contributed by atoms with Gasteiger partial charge in [-0.25, -0.2) is 9.59 Å². The van der Waals surface area contributed by atoms with E-state index < -0.39 is 12.0 Å². The van der Waals surface area contributed by atoms with E-state index in [1.807, 2.05) is 60.7 Å². The van der Waals surface area contributed by atoms with Crippen LogP contribution in [0.25, 0.3) is 0 Å². The van der Waals surface area contributed by atoms with Gasteiger partial charge in [-0.05, 0) is 11.1 Å². The third kappa shape index (κ3) is 3.34. The molecule has 3 rings (SSSR count). The van der Waals surface area contributed by atoms with Gasteiger partial charge in [-0.2, -0.15) is 0 Å². The Hall–Kier alpha value is -2.82. The number of aliphatic carboxylic acids is 1. The first-order chi connectivity index (χ1) is 11.1. The van der Waals surface area contributed by atoms with Crippen molar-refractivity contribution < 1.29 is 14.7 Å². The summed E-state index contributed by atoms with van der Waals surface area (Å²) in [4.78, 5) is 27.2. The van der Waals surface area contributed by atoms with E-state index >= 15 is 0 Å². The van der Waals surface area contributed by atoms with Crippen LogP contribution in [-0.4, -0.2) is 39.5 Å². The molecule has 118 valence electrons. The molecule has 0 aliphatic carbocycles. The molecular weight excluding hydrogens is 292 g/mol. The van der Waals surface area contributed by atoms with Crippen LogP contribution >= 0.6 is 0 Å². The highest BCUT2D eigenvalue weighted by Gasteiger charge is 2.41. The zero-order valence-corrected chi connectivity index (χ0v) is 12.6. The Morgan fingerprint density at radius 1 is 0.957 bits per heavy atom. The van der Waals surface area contributed by atoms with Crippen molar-refractivity contribution in [3.05, 3.63) is 71.8 Å². The fourth-order valence-electron chi connectivity index (χ4n) is 2.81. The molecule has 1 heterocycles. The van der Waals surface area contributed by atoms with E-state index in [9.17, 15) is 14.7 Å². The van der Waals surface area contributed by atoms with E-state index in [4.69, 9.17) is 0 Å². The number of urea groups is 1. The number of benzene rings is 2. The predicted molar refractivity (Wildman–Crippen MR) is 85.7 cm³/mol. The van der Waals surface area contributed by atoms with Crippen LogP contribution in [0.1, 0.15) is 11.1 Å². The van der Waals surface area contributed by atoms with Crippen molar-refractivity contribution in [3.8, 4) is 0 Å². The molecule has 1 fully saturated rings. The summed E-state index contributed by atoms with van der Waals surface area (Å²) in [5, 5.41) is 9.44. The van der Waals surface area contributed by atoms with Crippen LogP contribution in [0.4, 0.5) is 4.79 Å². The summed E-state index contributed by atoms with van der Waals surface area (Å²) in [6, 6.07) is 18.0. The number of hydrogen-bond acceptors (Lipinski definition) is 2. The molecule has 2 amide bonds. The van der Waals surface area contributed by atoms with Gasteiger partial charge in [0.25, 0.3) is 0 Å². The molecule has 5 heteroatoms. The van der Waals surface area contributed by atoms with Crippen molar-refractivity contribution in [2.24, 2.45) is 0 Å². The van der Waals surface area contributed by atoms with E-state index in [1.165, 1.54) is 4.90 Å².